The Kier molecular flexibility index (Phi) is 4.55. The van der Waals surface area contributed by atoms with Crippen LogP contribution in [0.2, 0.25) is 0 Å². The predicted octanol–water partition coefficient (Wildman–Crippen LogP) is 0.827. The van der Waals surface area contributed by atoms with Crippen molar-refractivity contribution >= 4 is 0 Å². The summed E-state index contributed by atoms with van der Waals surface area (Å²) in [4.78, 5) is 19.6. The third kappa shape index (κ3) is 3.13. The second-order valence-electron chi connectivity index (χ2n) is 2.15. The van der Waals surface area contributed by atoms with Gasteiger partial charge in [0, 0.05) is 0 Å². The first kappa shape index (κ1) is 10.8. The van der Waals surface area contributed by atoms with E-state index >= 15 is 0 Å². The molecule has 0 heterocycles. The standard InChI is InChI=1S/C6H16NO4/c1-6(2)11-7(8-3,9-4)10-5/h6H,1-5H3/q+1. The molecule has 0 N–H and O–H groups in total. The lowest BCUT2D eigenvalue weighted by Gasteiger charge is -2.22. The van der Waals surface area contributed by atoms with Gasteiger partial charge in [0.1, 0.15) is 27.4 Å². The number of rotatable bonds is 5. The molecule has 0 saturated carbocycles. The van der Waals surface area contributed by atoms with E-state index in [0.717, 1.165) is 0 Å². The molecule has 0 rings (SSSR count). The predicted molar refractivity (Wildman–Crippen MR) is 37.5 cm³/mol. The highest BCUT2D eigenvalue weighted by Crippen LogP contribution is 2.11. The Balaban J connectivity index is 4.05. The molecular formula is C6H16NO4+. The molecule has 0 atom stereocenters. The zero-order valence-electron chi connectivity index (χ0n) is 7.66. The highest BCUT2D eigenvalue weighted by Gasteiger charge is 2.34. The minimum atomic E-state index is -0.711. The van der Waals surface area contributed by atoms with Crippen LogP contribution in [0.25, 0.3) is 0 Å². The van der Waals surface area contributed by atoms with Crippen molar-refractivity contribution in [3.63, 3.8) is 0 Å². The Labute approximate surface area is 66.8 Å². The molecule has 68 valence electrons. The van der Waals surface area contributed by atoms with Crippen LogP contribution < -0.4 is 0 Å². The third-order valence-electron chi connectivity index (χ3n) is 1.01. The quantitative estimate of drug-likeness (QED) is 0.447. The zero-order valence-corrected chi connectivity index (χ0v) is 7.66. The Bertz CT molecular complexity index is 94.5. The maximum Gasteiger partial charge on any atom is 0.246 e. The summed E-state index contributed by atoms with van der Waals surface area (Å²) in [6.07, 6.45) is -0.0464. The van der Waals surface area contributed by atoms with Gasteiger partial charge in [-0.2, -0.15) is 0 Å². The first-order valence-corrected chi connectivity index (χ1v) is 3.35. The molecule has 0 fully saturated rings. The van der Waals surface area contributed by atoms with E-state index in [9.17, 15) is 0 Å². The van der Waals surface area contributed by atoms with Gasteiger partial charge in [0.25, 0.3) is 0 Å². The molecule has 0 aliphatic rings. The maximum absolute atomic E-state index is 5.16. The molecule has 0 aliphatic carbocycles. The summed E-state index contributed by atoms with van der Waals surface area (Å²) in [7, 11) is 4.28. The van der Waals surface area contributed by atoms with Gasteiger partial charge in [0.15, 0.2) is 0 Å². The minimum absolute atomic E-state index is 0.0464. The molecule has 0 unspecified atom stereocenters. The average Bonchev–Trinajstić information content (AvgIpc) is 2.00. The fourth-order valence-corrected chi connectivity index (χ4v) is 0.611. The smallest absolute Gasteiger partial charge is 0.0997 e. The Morgan fingerprint density at radius 2 is 1.27 bits per heavy atom. The van der Waals surface area contributed by atoms with Crippen LogP contribution in [0.5, 0.6) is 0 Å². The molecule has 11 heavy (non-hydrogen) atoms. The number of nitrogens with zero attached hydrogens (tertiary/aromatic N) is 1. The van der Waals surface area contributed by atoms with Gasteiger partial charge in [-0.25, -0.2) is 0 Å². The van der Waals surface area contributed by atoms with E-state index in [4.69, 9.17) is 19.4 Å². The first-order valence-electron chi connectivity index (χ1n) is 3.35. The van der Waals surface area contributed by atoms with Gasteiger partial charge >= 0.3 is 0 Å². The molecule has 0 spiro atoms. The van der Waals surface area contributed by atoms with Crippen molar-refractivity contribution in [1.29, 1.82) is 0 Å². The van der Waals surface area contributed by atoms with Crippen LogP contribution in [0.1, 0.15) is 13.8 Å². The van der Waals surface area contributed by atoms with Gasteiger partial charge in [0.2, 0.25) is 5.14 Å². The molecule has 0 aliphatic heterocycles. The second-order valence-corrected chi connectivity index (χ2v) is 2.15. The van der Waals surface area contributed by atoms with E-state index in [0.29, 0.717) is 0 Å². The first-order chi connectivity index (χ1) is 5.10. The van der Waals surface area contributed by atoms with Gasteiger partial charge in [-0.3, -0.25) is 0 Å². The van der Waals surface area contributed by atoms with Crippen molar-refractivity contribution in [2.75, 3.05) is 21.3 Å². The van der Waals surface area contributed by atoms with Gasteiger partial charge < -0.3 is 0 Å². The van der Waals surface area contributed by atoms with Gasteiger partial charge in [-0.1, -0.05) is 19.4 Å². The van der Waals surface area contributed by atoms with Crippen molar-refractivity contribution in [2.45, 2.75) is 20.0 Å². The summed E-state index contributed by atoms with van der Waals surface area (Å²) in [5.74, 6) is 0. The summed E-state index contributed by atoms with van der Waals surface area (Å²) < 4.78 is 0. The largest absolute Gasteiger partial charge is 0.246 e. The van der Waals surface area contributed by atoms with Crippen LogP contribution in [-0.4, -0.2) is 32.6 Å². The highest BCUT2D eigenvalue weighted by atomic mass is 17.4. The molecule has 0 radical (unpaired) electrons. The lowest BCUT2D eigenvalue weighted by Crippen LogP contribution is -2.46. The van der Waals surface area contributed by atoms with Crippen LogP contribution in [0.3, 0.4) is 0 Å². The van der Waals surface area contributed by atoms with E-state index in [-0.39, 0.29) is 6.10 Å². The molecule has 0 aromatic heterocycles. The summed E-state index contributed by atoms with van der Waals surface area (Å²) in [5, 5.41) is -0.711. The second kappa shape index (κ2) is 4.63. The topological polar surface area (TPSA) is 36.9 Å². The van der Waals surface area contributed by atoms with Gasteiger partial charge in [0.05, 0.1) is 0 Å². The fourth-order valence-electron chi connectivity index (χ4n) is 0.611. The monoisotopic (exact) mass is 166 g/mol. The van der Waals surface area contributed by atoms with Crippen molar-refractivity contribution in [1.82, 2.24) is 0 Å². The van der Waals surface area contributed by atoms with Crippen LogP contribution in [-0.2, 0) is 19.4 Å². The zero-order chi connectivity index (χ0) is 8.91. The van der Waals surface area contributed by atoms with E-state index in [1.54, 1.807) is 0 Å². The molecule has 5 nitrogen and oxygen atoms in total. The van der Waals surface area contributed by atoms with Crippen molar-refractivity contribution in [3.05, 3.63) is 0 Å². The SMILES string of the molecule is CO[N+](OC)(OC)OC(C)C. The van der Waals surface area contributed by atoms with Crippen molar-refractivity contribution in [3.8, 4) is 0 Å². The lowest BCUT2D eigenvalue weighted by molar-refractivity contribution is -1.47. The number of hydrogen-bond donors (Lipinski definition) is 0. The summed E-state index contributed by atoms with van der Waals surface area (Å²) in [6, 6.07) is 0. The maximum atomic E-state index is 5.16. The van der Waals surface area contributed by atoms with E-state index in [2.05, 4.69) is 0 Å². The van der Waals surface area contributed by atoms with E-state index in [1.807, 2.05) is 13.8 Å². The number of hydrogen-bond acceptors (Lipinski definition) is 4. The lowest BCUT2D eigenvalue weighted by atomic mass is 10.5. The summed E-state index contributed by atoms with van der Waals surface area (Å²) >= 11 is 0. The normalized spacial score (nSPS) is 12.5. The number of quaternary nitrogens is 1. The van der Waals surface area contributed by atoms with Gasteiger partial charge in [-0.05, 0) is 13.8 Å². The Morgan fingerprint density at radius 1 is 0.909 bits per heavy atom. The summed E-state index contributed by atoms with van der Waals surface area (Å²) in [6.45, 7) is 3.70. The molecule has 0 saturated heterocycles. The average molecular weight is 166 g/mol. The van der Waals surface area contributed by atoms with E-state index in [1.165, 1.54) is 21.3 Å². The van der Waals surface area contributed by atoms with E-state index < -0.39 is 5.14 Å². The molecule has 0 bridgehead atoms. The minimum Gasteiger partial charge on any atom is -0.0997 e. The van der Waals surface area contributed by atoms with Crippen molar-refractivity contribution in [2.24, 2.45) is 0 Å². The molecule has 5 heteroatoms. The highest BCUT2D eigenvalue weighted by molar-refractivity contribution is 4.24. The van der Waals surface area contributed by atoms with Crippen LogP contribution in [0.15, 0.2) is 0 Å². The van der Waals surface area contributed by atoms with Crippen LogP contribution in [0, 0.1) is 0 Å². The molecule has 0 amide bonds. The van der Waals surface area contributed by atoms with Crippen LogP contribution >= 0.6 is 0 Å². The van der Waals surface area contributed by atoms with Crippen LogP contribution in [0.4, 0.5) is 0 Å². The fraction of sp³-hybridized carbons (Fsp3) is 1.00. The molecule has 0 aromatic rings. The summed E-state index contributed by atoms with van der Waals surface area (Å²) in [5.41, 5.74) is 0. The molecule has 0 aromatic carbocycles. The Morgan fingerprint density at radius 3 is 1.36 bits per heavy atom. The third-order valence-corrected chi connectivity index (χ3v) is 1.01. The van der Waals surface area contributed by atoms with Gasteiger partial charge in [-0.15, -0.1) is 0 Å². The van der Waals surface area contributed by atoms with Crippen molar-refractivity contribution < 1.29 is 24.5 Å². The Hall–Kier alpha value is -0.200. The molecular weight excluding hydrogens is 150 g/mol.